The van der Waals surface area contributed by atoms with E-state index in [0.29, 0.717) is 0 Å². The second kappa shape index (κ2) is 10.7. The molecule has 0 N–H and O–H groups in total. The molecule has 2 nitrogen and oxygen atoms in total. The van der Waals surface area contributed by atoms with Gasteiger partial charge in [-0.05, 0) is 93.4 Å². The zero-order valence-corrected chi connectivity index (χ0v) is 17.3. The van der Waals surface area contributed by atoms with Crippen LogP contribution in [0.5, 0.6) is 5.75 Å². The molecular formula is C24H32ClNO. The van der Waals surface area contributed by atoms with Crippen LogP contribution in [0.1, 0.15) is 43.7 Å². The highest BCUT2D eigenvalue weighted by atomic mass is 35.5. The topological polar surface area (TPSA) is 12.5 Å². The summed E-state index contributed by atoms with van der Waals surface area (Å²) in [5, 5.41) is 0.793. The summed E-state index contributed by atoms with van der Waals surface area (Å²) in [6.07, 6.45) is 7.06. The minimum absolute atomic E-state index is 0.793. The predicted molar refractivity (Wildman–Crippen MR) is 115 cm³/mol. The van der Waals surface area contributed by atoms with Crippen molar-refractivity contribution in [1.29, 1.82) is 0 Å². The number of piperidine rings is 1. The van der Waals surface area contributed by atoms with Crippen LogP contribution >= 0.6 is 11.6 Å². The van der Waals surface area contributed by atoms with E-state index >= 15 is 0 Å². The van der Waals surface area contributed by atoms with Crippen LogP contribution in [-0.2, 0) is 12.8 Å². The molecule has 146 valence electrons. The Balaban J connectivity index is 1.39. The molecule has 0 bridgehead atoms. The van der Waals surface area contributed by atoms with E-state index in [4.69, 9.17) is 16.3 Å². The van der Waals surface area contributed by atoms with Gasteiger partial charge in [0.05, 0.1) is 6.61 Å². The fourth-order valence-corrected chi connectivity index (χ4v) is 3.81. The zero-order valence-electron chi connectivity index (χ0n) is 16.5. The number of nitrogens with zero attached hydrogens (tertiary/aromatic N) is 1. The van der Waals surface area contributed by atoms with Crippen molar-refractivity contribution in [2.75, 3.05) is 26.2 Å². The smallest absolute Gasteiger partial charge is 0.122 e. The molecule has 0 aliphatic carbocycles. The highest BCUT2D eigenvalue weighted by Crippen LogP contribution is 2.21. The molecule has 2 aromatic rings. The minimum Gasteiger partial charge on any atom is -0.493 e. The van der Waals surface area contributed by atoms with Crippen molar-refractivity contribution >= 4 is 11.6 Å². The molecule has 0 radical (unpaired) electrons. The van der Waals surface area contributed by atoms with Crippen LogP contribution in [0.4, 0.5) is 0 Å². The Kier molecular flexibility index (Phi) is 8.04. The number of benzene rings is 2. The van der Waals surface area contributed by atoms with E-state index in [0.717, 1.165) is 42.6 Å². The van der Waals surface area contributed by atoms with Crippen LogP contribution < -0.4 is 4.74 Å². The summed E-state index contributed by atoms with van der Waals surface area (Å²) in [7, 11) is 0. The van der Waals surface area contributed by atoms with Crippen molar-refractivity contribution in [2.45, 2.75) is 45.4 Å². The van der Waals surface area contributed by atoms with E-state index in [-0.39, 0.29) is 0 Å². The van der Waals surface area contributed by atoms with Crippen molar-refractivity contribution in [3.63, 3.8) is 0 Å². The maximum Gasteiger partial charge on any atom is 0.122 e. The van der Waals surface area contributed by atoms with Crippen molar-refractivity contribution in [1.82, 2.24) is 4.90 Å². The van der Waals surface area contributed by atoms with Crippen molar-refractivity contribution in [3.05, 3.63) is 64.7 Å². The number of ether oxygens (including phenoxy) is 1. The maximum absolute atomic E-state index is 6.11. The first-order valence-corrected chi connectivity index (χ1v) is 10.8. The normalized spacial score (nSPS) is 15.8. The molecule has 3 heteroatoms. The van der Waals surface area contributed by atoms with Gasteiger partial charge in [-0.2, -0.15) is 0 Å². The molecule has 1 saturated heterocycles. The van der Waals surface area contributed by atoms with Crippen LogP contribution in [0.2, 0.25) is 5.02 Å². The van der Waals surface area contributed by atoms with Crippen molar-refractivity contribution < 1.29 is 4.74 Å². The highest BCUT2D eigenvalue weighted by Gasteiger charge is 2.14. The molecule has 0 aromatic heterocycles. The Hall–Kier alpha value is -1.51. The lowest BCUT2D eigenvalue weighted by Crippen LogP contribution is -2.33. The van der Waals surface area contributed by atoms with Gasteiger partial charge in [-0.15, -0.1) is 0 Å². The SMILES string of the molecule is CC1CCN(CCCCOc2ccccc2CCc2ccc(Cl)cc2)CC1. The molecule has 1 aliphatic rings. The molecule has 0 spiro atoms. The number of rotatable bonds is 9. The van der Waals surface area contributed by atoms with E-state index in [1.54, 1.807) is 0 Å². The molecular weight excluding hydrogens is 354 g/mol. The van der Waals surface area contributed by atoms with E-state index in [2.05, 4.69) is 48.2 Å². The Bertz CT molecular complexity index is 677. The van der Waals surface area contributed by atoms with Crippen LogP contribution in [0.3, 0.4) is 0 Å². The highest BCUT2D eigenvalue weighted by molar-refractivity contribution is 6.30. The summed E-state index contributed by atoms with van der Waals surface area (Å²) in [5.74, 6) is 1.95. The molecule has 0 saturated carbocycles. The lowest BCUT2D eigenvalue weighted by Gasteiger charge is -2.30. The largest absolute Gasteiger partial charge is 0.493 e. The van der Waals surface area contributed by atoms with Gasteiger partial charge in [0.1, 0.15) is 5.75 Å². The van der Waals surface area contributed by atoms with Crippen LogP contribution in [0, 0.1) is 5.92 Å². The van der Waals surface area contributed by atoms with Gasteiger partial charge < -0.3 is 9.64 Å². The number of aryl methyl sites for hydroxylation is 2. The average molecular weight is 386 g/mol. The second-order valence-corrected chi connectivity index (χ2v) is 8.25. The lowest BCUT2D eigenvalue weighted by molar-refractivity contribution is 0.184. The van der Waals surface area contributed by atoms with Gasteiger partial charge in [0.25, 0.3) is 0 Å². The van der Waals surface area contributed by atoms with Crippen molar-refractivity contribution in [3.8, 4) is 5.75 Å². The van der Waals surface area contributed by atoms with Crippen LogP contribution in [0.25, 0.3) is 0 Å². The molecule has 1 aliphatic heterocycles. The summed E-state index contributed by atoms with van der Waals surface area (Å²) in [5.41, 5.74) is 2.60. The first-order valence-electron chi connectivity index (χ1n) is 10.4. The van der Waals surface area contributed by atoms with Crippen molar-refractivity contribution in [2.24, 2.45) is 5.92 Å². The minimum atomic E-state index is 0.793. The Morgan fingerprint density at radius 2 is 1.70 bits per heavy atom. The van der Waals surface area contributed by atoms with Gasteiger partial charge in [0.15, 0.2) is 0 Å². The van der Waals surface area contributed by atoms with Crippen LogP contribution in [0.15, 0.2) is 48.5 Å². The lowest BCUT2D eigenvalue weighted by atomic mass is 9.99. The summed E-state index contributed by atoms with van der Waals surface area (Å²) < 4.78 is 6.11. The first kappa shape index (κ1) is 20.2. The average Bonchev–Trinajstić information content (AvgIpc) is 2.69. The van der Waals surface area contributed by atoms with Gasteiger partial charge >= 0.3 is 0 Å². The van der Waals surface area contributed by atoms with Gasteiger partial charge in [-0.1, -0.05) is 48.9 Å². The van der Waals surface area contributed by atoms with E-state index in [9.17, 15) is 0 Å². The molecule has 2 aromatic carbocycles. The number of halogens is 1. The third-order valence-corrected chi connectivity index (χ3v) is 5.82. The third-order valence-electron chi connectivity index (χ3n) is 5.57. The number of unbranched alkanes of at least 4 members (excludes halogenated alkanes) is 1. The van der Waals surface area contributed by atoms with E-state index in [1.165, 1.54) is 50.0 Å². The van der Waals surface area contributed by atoms with Gasteiger partial charge in [0.2, 0.25) is 0 Å². The molecule has 27 heavy (non-hydrogen) atoms. The quantitative estimate of drug-likeness (QED) is 0.489. The maximum atomic E-state index is 6.11. The fourth-order valence-electron chi connectivity index (χ4n) is 3.69. The number of hydrogen-bond donors (Lipinski definition) is 0. The molecule has 0 amide bonds. The van der Waals surface area contributed by atoms with Gasteiger partial charge in [-0.25, -0.2) is 0 Å². The van der Waals surface area contributed by atoms with E-state index in [1.807, 2.05) is 12.1 Å². The first-order chi connectivity index (χ1) is 13.2. The van der Waals surface area contributed by atoms with E-state index < -0.39 is 0 Å². The monoisotopic (exact) mass is 385 g/mol. The molecule has 1 heterocycles. The summed E-state index contributed by atoms with van der Waals surface area (Å²) >= 11 is 5.97. The summed E-state index contributed by atoms with van der Waals surface area (Å²) in [6, 6.07) is 16.6. The fraction of sp³-hybridized carbons (Fsp3) is 0.500. The Morgan fingerprint density at radius 3 is 2.48 bits per heavy atom. The molecule has 0 unspecified atom stereocenters. The molecule has 3 rings (SSSR count). The number of hydrogen-bond acceptors (Lipinski definition) is 2. The Labute approximate surface area is 169 Å². The Morgan fingerprint density at radius 1 is 0.963 bits per heavy atom. The number of para-hydroxylation sites is 1. The second-order valence-electron chi connectivity index (χ2n) is 7.81. The third kappa shape index (κ3) is 6.86. The zero-order chi connectivity index (χ0) is 18.9. The summed E-state index contributed by atoms with van der Waals surface area (Å²) in [4.78, 5) is 2.61. The van der Waals surface area contributed by atoms with Crippen LogP contribution in [-0.4, -0.2) is 31.1 Å². The molecule has 0 atom stereocenters. The van der Waals surface area contributed by atoms with Gasteiger partial charge in [-0.3, -0.25) is 0 Å². The number of likely N-dealkylation sites (tertiary alicyclic amines) is 1. The summed E-state index contributed by atoms with van der Waals surface area (Å²) in [6.45, 7) is 6.94. The predicted octanol–water partition coefficient (Wildman–Crippen LogP) is 6.02. The van der Waals surface area contributed by atoms with Gasteiger partial charge in [0, 0.05) is 5.02 Å². The standard InChI is InChI=1S/C24H32ClNO/c1-20-14-17-26(18-15-20)16-4-5-19-27-24-7-3-2-6-22(24)11-8-21-9-12-23(25)13-10-21/h2-3,6-7,9-10,12-13,20H,4-5,8,11,14-19H2,1H3. The molecule has 1 fully saturated rings.